The number of carbonyl (C=O) groups is 1. The Bertz CT molecular complexity index is 960. The first-order valence-corrected chi connectivity index (χ1v) is 9.68. The summed E-state index contributed by atoms with van der Waals surface area (Å²) in [5.41, 5.74) is 1.34. The number of hydrogen-bond acceptors (Lipinski definition) is 4. The highest BCUT2D eigenvalue weighted by Gasteiger charge is 2.19. The number of rotatable bonds is 6. The molecular formula is C19H19FO5S. The maximum atomic E-state index is 14.0. The van der Waals surface area contributed by atoms with Crippen LogP contribution in [-0.4, -0.2) is 37.5 Å². The topological polar surface area (TPSA) is 91.7 Å². The zero-order valence-electron chi connectivity index (χ0n) is 14.4. The van der Waals surface area contributed by atoms with E-state index >= 15 is 0 Å². The van der Waals surface area contributed by atoms with Crippen LogP contribution in [-0.2, 0) is 14.6 Å². The molecule has 2 aromatic rings. The molecule has 0 amide bonds. The minimum atomic E-state index is -3.40. The van der Waals surface area contributed by atoms with Gasteiger partial charge in [0.05, 0.1) is 4.90 Å². The lowest BCUT2D eigenvalue weighted by molar-refractivity contribution is -0.132. The van der Waals surface area contributed by atoms with Crippen LogP contribution in [0.25, 0.3) is 5.57 Å². The van der Waals surface area contributed by atoms with Gasteiger partial charge in [-0.15, -0.1) is 0 Å². The monoisotopic (exact) mass is 378 g/mol. The van der Waals surface area contributed by atoms with Crippen molar-refractivity contribution >= 4 is 21.4 Å². The van der Waals surface area contributed by atoms with Gasteiger partial charge in [0, 0.05) is 24.9 Å². The Morgan fingerprint density at radius 3 is 2.12 bits per heavy atom. The largest absolute Gasteiger partial charge is 0.478 e. The Labute approximate surface area is 151 Å². The summed E-state index contributed by atoms with van der Waals surface area (Å²) in [6, 6.07) is 10.1. The molecule has 0 bridgehead atoms. The van der Waals surface area contributed by atoms with E-state index < -0.39 is 21.6 Å². The van der Waals surface area contributed by atoms with Gasteiger partial charge in [-0.3, -0.25) is 0 Å². The normalized spacial score (nSPS) is 12.6. The number of carboxylic acid groups (broad SMARTS) is 1. The summed E-state index contributed by atoms with van der Waals surface area (Å²) in [6.45, 7) is 1.20. The zero-order valence-corrected chi connectivity index (χ0v) is 15.2. The maximum Gasteiger partial charge on any atom is 0.332 e. The Hall–Kier alpha value is -2.51. The summed E-state index contributed by atoms with van der Waals surface area (Å²) in [5.74, 6) is -1.72. The molecule has 26 heavy (non-hydrogen) atoms. The van der Waals surface area contributed by atoms with Crippen molar-refractivity contribution in [2.45, 2.75) is 18.2 Å². The van der Waals surface area contributed by atoms with E-state index in [2.05, 4.69) is 0 Å². The Kier molecular flexibility index (Phi) is 5.94. The average molecular weight is 378 g/mol. The number of sulfone groups is 1. The van der Waals surface area contributed by atoms with Crippen molar-refractivity contribution in [2.75, 3.05) is 12.9 Å². The highest BCUT2D eigenvalue weighted by Crippen LogP contribution is 2.30. The van der Waals surface area contributed by atoms with E-state index in [0.717, 1.165) is 6.26 Å². The molecule has 0 aliphatic heterocycles. The molecule has 0 aliphatic carbocycles. The zero-order chi connectivity index (χ0) is 19.5. The van der Waals surface area contributed by atoms with E-state index in [-0.39, 0.29) is 29.1 Å². The fourth-order valence-electron chi connectivity index (χ4n) is 2.58. The SMILES string of the molecule is Cc1ccc(/C(=C(/CCO)C(=O)O)c2ccc(S(C)(=O)=O)cc2)cc1F. The lowest BCUT2D eigenvalue weighted by Gasteiger charge is -2.14. The first-order chi connectivity index (χ1) is 12.1. The number of aliphatic carboxylic acids is 1. The average Bonchev–Trinajstić information content (AvgIpc) is 2.57. The smallest absolute Gasteiger partial charge is 0.332 e. The second kappa shape index (κ2) is 7.80. The summed E-state index contributed by atoms with van der Waals surface area (Å²) < 4.78 is 37.3. The molecule has 0 saturated heterocycles. The fraction of sp³-hybridized carbons (Fsp3) is 0.211. The van der Waals surface area contributed by atoms with Gasteiger partial charge in [0.2, 0.25) is 0 Å². The number of halogens is 1. The number of aliphatic hydroxyl groups excluding tert-OH is 1. The van der Waals surface area contributed by atoms with Gasteiger partial charge in [0.1, 0.15) is 5.82 Å². The minimum Gasteiger partial charge on any atom is -0.478 e. The summed E-state index contributed by atoms with van der Waals surface area (Å²) in [7, 11) is -3.40. The summed E-state index contributed by atoms with van der Waals surface area (Å²) >= 11 is 0. The lowest BCUT2D eigenvalue weighted by atomic mass is 9.91. The number of hydrogen-bond donors (Lipinski definition) is 2. The number of carboxylic acids is 1. The third-order valence-electron chi connectivity index (χ3n) is 3.95. The molecule has 138 valence electrons. The number of aliphatic hydroxyl groups is 1. The Morgan fingerprint density at radius 2 is 1.65 bits per heavy atom. The number of aryl methyl sites for hydroxylation is 1. The van der Waals surface area contributed by atoms with Gasteiger partial charge in [-0.05, 0) is 47.4 Å². The van der Waals surface area contributed by atoms with Crippen molar-refractivity contribution in [3.63, 3.8) is 0 Å². The van der Waals surface area contributed by atoms with Gasteiger partial charge in [0.15, 0.2) is 9.84 Å². The fourth-order valence-corrected chi connectivity index (χ4v) is 3.21. The molecule has 2 rings (SSSR count). The molecule has 0 atom stereocenters. The highest BCUT2D eigenvalue weighted by atomic mass is 32.2. The van der Waals surface area contributed by atoms with Gasteiger partial charge in [-0.2, -0.15) is 0 Å². The first-order valence-electron chi connectivity index (χ1n) is 7.79. The second-order valence-corrected chi connectivity index (χ2v) is 7.91. The van der Waals surface area contributed by atoms with Crippen LogP contribution in [0.2, 0.25) is 0 Å². The van der Waals surface area contributed by atoms with Crippen LogP contribution >= 0.6 is 0 Å². The molecule has 0 aliphatic rings. The molecule has 0 fully saturated rings. The van der Waals surface area contributed by atoms with Gasteiger partial charge in [-0.1, -0.05) is 24.3 Å². The van der Waals surface area contributed by atoms with Gasteiger partial charge < -0.3 is 10.2 Å². The van der Waals surface area contributed by atoms with E-state index in [9.17, 15) is 27.8 Å². The predicted molar refractivity (Wildman–Crippen MR) is 96.0 cm³/mol. The van der Waals surface area contributed by atoms with Gasteiger partial charge in [-0.25, -0.2) is 17.6 Å². The van der Waals surface area contributed by atoms with E-state index in [0.29, 0.717) is 16.7 Å². The van der Waals surface area contributed by atoms with Crippen LogP contribution in [0.3, 0.4) is 0 Å². The maximum absolute atomic E-state index is 14.0. The first kappa shape index (κ1) is 19.8. The quantitative estimate of drug-likeness (QED) is 0.754. The van der Waals surface area contributed by atoms with Crippen molar-refractivity contribution < 1.29 is 27.8 Å². The van der Waals surface area contributed by atoms with E-state index in [1.165, 1.54) is 36.4 Å². The molecule has 0 radical (unpaired) electrons. The van der Waals surface area contributed by atoms with Crippen LogP contribution in [0, 0.1) is 12.7 Å². The van der Waals surface area contributed by atoms with Crippen LogP contribution in [0.5, 0.6) is 0 Å². The minimum absolute atomic E-state index is 0.0807. The molecule has 0 unspecified atom stereocenters. The molecule has 7 heteroatoms. The molecule has 2 N–H and O–H groups in total. The third kappa shape index (κ3) is 4.36. The Balaban J connectivity index is 2.73. The van der Waals surface area contributed by atoms with Crippen LogP contribution in [0.1, 0.15) is 23.1 Å². The molecule has 0 spiro atoms. The summed E-state index contributed by atoms with van der Waals surface area (Å²) in [6.07, 6.45) is 0.941. The van der Waals surface area contributed by atoms with Crippen molar-refractivity contribution in [1.82, 2.24) is 0 Å². The van der Waals surface area contributed by atoms with Crippen LogP contribution in [0.4, 0.5) is 4.39 Å². The van der Waals surface area contributed by atoms with Crippen molar-refractivity contribution in [3.8, 4) is 0 Å². The molecule has 0 saturated carbocycles. The molecule has 0 aromatic heterocycles. The van der Waals surface area contributed by atoms with Crippen LogP contribution < -0.4 is 0 Å². The highest BCUT2D eigenvalue weighted by molar-refractivity contribution is 7.90. The van der Waals surface area contributed by atoms with E-state index in [1.54, 1.807) is 13.0 Å². The Morgan fingerprint density at radius 1 is 1.08 bits per heavy atom. The summed E-state index contributed by atoms with van der Waals surface area (Å²) in [5, 5.41) is 18.8. The standard InChI is InChI=1S/C19H19FO5S/c1-12-3-4-14(11-17(12)20)18(16(9-10-21)19(22)23)13-5-7-15(8-6-13)26(2,24)25/h3-8,11,21H,9-10H2,1-2H3,(H,22,23)/b18-16-. The van der Waals surface area contributed by atoms with E-state index in [1.807, 2.05) is 0 Å². The molecular weight excluding hydrogens is 359 g/mol. The van der Waals surface area contributed by atoms with Crippen molar-refractivity contribution in [3.05, 3.63) is 70.5 Å². The molecule has 0 heterocycles. The van der Waals surface area contributed by atoms with Gasteiger partial charge >= 0.3 is 5.97 Å². The van der Waals surface area contributed by atoms with Gasteiger partial charge in [0.25, 0.3) is 0 Å². The molecule has 2 aromatic carbocycles. The summed E-state index contributed by atoms with van der Waals surface area (Å²) in [4.78, 5) is 11.8. The predicted octanol–water partition coefficient (Wildman–Crippen LogP) is 2.81. The lowest BCUT2D eigenvalue weighted by Crippen LogP contribution is -2.08. The molecule has 5 nitrogen and oxygen atoms in total. The van der Waals surface area contributed by atoms with Crippen LogP contribution in [0.15, 0.2) is 52.9 Å². The number of benzene rings is 2. The second-order valence-electron chi connectivity index (χ2n) is 5.89. The third-order valence-corrected chi connectivity index (χ3v) is 5.08. The van der Waals surface area contributed by atoms with Crippen molar-refractivity contribution in [2.24, 2.45) is 0 Å². The van der Waals surface area contributed by atoms with Crippen molar-refractivity contribution in [1.29, 1.82) is 0 Å². The van der Waals surface area contributed by atoms with E-state index in [4.69, 9.17) is 0 Å².